The van der Waals surface area contributed by atoms with Crippen molar-refractivity contribution in [3.05, 3.63) is 28.0 Å². The summed E-state index contributed by atoms with van der Waals surface area (Å²) in [6.07, 6.45) is 5.07. The molecule has 0 atom stereocenters. The molecule has 1 fully saturated rings. The number of thiophene rings is 1. The minimum Gasteiger partial charge on any atom is -0.478 e. The number of nitrogens with one attached hydrogen (secondary N) is 1. The van der Waals surface area contributed by atoms with Crippen molar-refractivity contribution < 1.29 is 14.7 Å². The summed E-state index contributed by atoms with van der Waals surface area (Å²) in [7, 11) is 2.07. The number of hydrogen-bond acceptors (Lipinski definition) is 4. The van der Waals surface area contributed by atoms with Gasteiger partial charge in [0.05, 0.1) is 5.56 Å². The Bertz CT molecular complexity index is 520. The number of carboxylic acid groups (broad SMARTS) is 1. The molecule has 1 amide bonds. The van der Waals surface area contributed by atoms with E-state index < -0.39 is 5.97 Å². The number of carbonyl (C=O) groups excluding carboxylic acids is 1. The van der Waals surface area contributed by atoms with Crippen LogP contribution in [0.3, 0.4) is 0 Å². The molecule has 6 heteroatoms. The second-order valence-corrected chi connectivity index (χ2v) is 5.82. The van der Waals surface area contributed by atoms with Crippen LogP contribution in [-0.2, 0) is 4.79 Å². The van der Waals surface area contributed by atoms with Crippen molar-refractivity contribution in [2.75, 3.05) is 20.1 Å². The van der Waals surface area contributed by atoms with Gasteiger partial charge in [-0.2, -0.15) is 0 Å². The number of aliphatic carboxylic acids is 1. The molecule has 20 heavy (non-hydrogen) atoms. The highest BCUT2D eigenvalue weighted by molar-refractivity contribution is 7.11. The molecule has 1 saturated carbocycles. The van der Waals surface area contributed by atoms with Crippen LogP contribution >= 0.6 is 11.3 Å². The Morgan fingerprint density at radius 3 is 2.95 bits per heavy atom. The van der Waals surface area contributed by atoms with Crippen LogP contribution < -0.4 is 5.32 Å². The lowest BCUT2D eigenvalue weighted by atomic mass is 10.3. The van der Waals surface area contributed by atoms with Crippen LogP contribution in [0.5, 0.6) is 0 Å². The summed E-state index contributed by atoms with van der Waals surface area (Å²) in [6, 6.07) is 2.39. The zero-order chi connectivity index (χ0) is 14.5. The van der Waals surface area contributed by atoms with E-state index >= 15 is 0 Å². The number of amides is 1. The van der Waals surface area contributed by atoms with Gasteiger partial charge in [0.2, 0.25) is 0 Å². The fourth-order valence-electron chi connectivity index (χ4n) is 1.86. The normalized spacial score (nSPS) is 14.9. The van der Waals surface area contributed by atoms with Crippen LogP contribution in [0, 0.1) is 0 Å². The Hall–Kier alpha value is -1.66. The maximum Gasteiger partial charge on any atom is 0.328 e. The van der Waals surface area contributed by atoms with E-state index in [0.717, 1.165) is 17.5 Å². The zero-order valence-electron chi connectivity index (χ0n) is 11.3. The fraction of sp³-hybridized carbons (Fsp3) is 0.429. The second-order valence-electron chi connectivity index (χ2n) is 4.88. The molecule has 1 aliphatic rings. The topological polar surface area (TPSA) is 69.6 Å². The molecule has 5 nitrogen and oxygen atoms in total. The third kappa shape index (κ3) is 4.47. The van der Waals surface area contributed by atoms with Gasteiger partial charge in [0.1, 0.15) is 0 Å². The molecule has 0 radical (unpaired) electrons. The largest absolute Gasteiger partial charge is 0.478 e. The molecule has 0 spiro atoms. The quantitative estimate of drug-likeness (QED) is 0.751. The maximum atomic E-state index is 11.9. The van der Waals surface area contributed by atoms with Crippen molar-refractivity contribution in [1.29, 1.82) is 0 Å². The summed E-state index contributed by atoms with van der Waals surface area (Å²) >= 11 is 1.35. The number of hydrogen-bond donors (Lipinski definition) is 2. The number of nitrogens with zero attached hydrogens (tertiary/aromatic N) is 1. The molecule has 2 rings (SSSR count). The number of carboxylic acids is 1. The van der Waals surface area contributed by atoms with Crippen LogP contribution in [0.2, 0.25) is 0 Å². The summed E-state index contributed by atoms with van der Waals surface area (Å²) in [6.45, 7) is 1.48. The Kier molecular flexibility index (Phi) is 4.92. The minimum absolute atomic E-state index is 0.111. The third-order valence-electron chi connectivity index (χ3n) is 3.19. The van der Waals surface area contributed by atoms with E-state index in [0.29, 0.717) is 18.2 Å². The van der Waals surface area contributed by atoms with Crippen molar-refractivity contribution in [2.24, 2.45) is 0 Å². The molecule has 108 valence electrons. The summed E-state index contributed by atoms with van der Waals surface area (Å²) in [5.74, 6) is -1.10. The monoisotopic (exact) mass is 294 g/mol. The van der Waals surface area contributed by atoms with Crippen LogP contribution in [0.1, 0.15) is 28.1 Å². The maximum absolute atomic E-state index is 11.9. The first-order valence-electron chi connectivity index (χ1n) is 6.54. The van der Waals surface area contributed by atoms with Gasteiger partial charge in [0.15, 0.2) is 0 Å². The molecule has 0 aromatic carbocycles. The average Bonchev–Trinajstić information content (AvgIpc) is 3.15. The average molecular weight is 294 g/mol. The number of likely N-dealkylation sites (N-methyl/N-ethyl adjacent to an activating group) is 1. The van der Waals surface area contributed by atoms with E-state index in [9.17, 15) is 9.59 Å². The van der Waals surface area contributed by atoms with Crippen molar-refractivity contribution in [2.45, 2.75) is 18.9 Å². The molecule has 0 bridgehead atoms. The van der Waals surface area contributed by atoms with Gasteiger partial charge in [0, 0.05) is 35.5 Å². The lowest BCUT2D eigenvalue weighted by Gasteiger charge is -2.15. The van der Waals surface area contributed by atoms with E-state index in [1.165, 1.54) is 30.3 Å². The molecule has 1 aliphatic carbocycles. The highest BCUT2D eigenvalue weighted by Gasteiger charge is 2.25. The Labute approximate surface area is 121 Å². The summed E-state index contributed by atoms with van der Waals surface area (Å²) in [5, 5.41) is 13.2. The predicted molar refractivity (Wildman–Crippen MR) is 79.0 cm³/mol. The SMILES string of the molecule is CN(CCNC(=O)c1csc(C=CC(=O)O)c1)C1CC1. The van der Waals surface area contributed by atoms with Gasteiger partial charge in [-0.25, -0.2) is 4.79 Å². The molecule has 1 heterocycles. The second kappa shape index (κ2) is 6.67. The molecule has 0 unspecified atom stereocenters. The molecular weight excluding hydrogens is 276 g/mol. The van der Waals surface area contributed by atoms with E-state index in [1.54, 1.807) is 11.4 Å². The Balaban J connectivity index is 1.78. The lowest BCUT2D eigenvalue weighted by Crippen LogP contribution is -2.33. The highest BCUT2D eigenvalue weighted by Crippen LogP contribution is 2.24. The smallest absolute Gasteiger partial charge is 0.328 e. The zero-order valence-corrected chi connectivity index (χ0v) is 12.2. The minimum atomic E-state index is -0.993. The highest BCUT2D eigenvalue weighted by atomic mass is 32.1. The molecule has 1 aromatic rings. The van der Waals surface area contributed by atoms with Crippen molar-refractivity contribution in [3.63, 3.8) is 0 Å². The van der Waals surface area contributed by atoms with Crippen LogP contribution in [-0.4, -0.2) is 48.1 Å². The molecule has 0 saturated heterocycles. The first-order chi connectivity index (χ1) is 9.56. The Morgan fingerprint density at radius 1 is 1.55 bits per heavy atom. The first-order valence-corrected chi connectivity index (χ1v) is 7.42. The van der Waals surface area contributed by atoms with E-state index in [1.807, 2.05) is 0 Å². The molecule has 1 aromatic heterocycles. The van der Waals surface area contributed by atoms with E-state index in [2.05, 4.69) is 17.3 Å². The summed E-state index contributed by atoms with van der Waals surface area (Å²) in [4.78, 5) is 25.3. The van der Waals surface area contributed by atoms with Gasteiger partial charge in [-0.1, -0.05) is 0 Å². The number of rotatable bonds is 7. The van der Waals surface area contributed by atoms with Crippen molar-refractivity contribution >= 4 is 29.3 Å². The van der Waals surface area contributed by atoms with Gasteiger partial charge in [-0.05, 0) is 32.0 Å². The van der Waals surface area contributed by atoms with Gasteiger partial charge >= 0.3 is 5.97 Å². The summed E-state index contributed by atoms with van der Waals surface area (Å²) < 4.78 is 0. The van der Waals surface area contributed by atoms with Gasteiger partial charge in [-0.3, -0.25) is 4.79 Å². The Morgan fingerprint density at radius 2 is 2.30 bits per heavy atom. The summed E-state index contributed by atoms with van der Waals surface area (Å²) in [5.41, 5.74) is 0.578. The van der Waals surface area contributed by atoms with E-state index in [-0.39, 0.29) is 5.91 Å². The van der Waals surface area contributed by atoms with Gasteiger partial charge < -0.3 is 15.3 Å². The van der Waals surface area contributed by atoms with Crippen LogP contribution in [0.25, 0.3) is 6.08 Å². The fourth-order valence-corrected chi connectivity index (χ4v) is 2.64. The van der Waals surface area contributed by atoms with Gasteiger partial charge in [0.25, 0.3) is 5.91 Å². The lowest BCUT2D eigenvalue weighted by molar-refractivity contribution is -0.131. The number of carbonyl (C=O) groups is 2. The molecular formula is C14H18N2O3S. The molecule has 2 N–H and O–H groups in total. The van der Waals surface area contributed by atoms with E-state index in [4.69, 9.17) is 5.11 Å². The predicted octanol–water partition coefficient (Wildman–Crippen LogP) is 1.67. The van der Waals surface area contributed by atoms with Crippen molar-refractivity contribution in [1.82, 2.24) is 10.2 Å². The third-order valence-corrected chi connectivity index (χ3v) is 4.09. The van der Waals surface area contributed by atoms with Crippen LogP contribution in [0.15, 0.2) is 17.5 Å². The van der Waals surface area contributed by atoms with Crippen LogP contribution in [0.4, 0.5) is 0 Å². The van der Waals surface area contributed by atoms with Gasteiger partial charge in [-0.15, -0.1) is 11.3 Å². The molecule has 0 aliphatic heterocycles. The van der Waals surface area contributed by atoms with Crippen molar-refractivity contribution in [3.8, 4) is 0 Å². The standard InChI is InChI=1S/C14H18N2O3S/c1-16(11-2-3-11)7-6-15-14(19)10-8-12(20-9-10)4-5-13(17)18/h4-5,8-9,11H,2-3,6-7H2,1H3,(H,15,19)(H,17,18). The first kappa shape index (κ1) is 14.7.